The van der Waals surface area contributed by atoms with Crippen molar-refractivity contribution in [3.8, 4) is 5.75 Å². The van der Waals surface area contributed by atoms with Crippen molar-refractivity contribution < 1.29 is 9.53 Å². The lowest BCUT2D eigenvalue weighted by Crippen LogP contribution is -2.27. The zero-order chi connectivity index (χ0) is 13.0. The maximum absolute atomic E-state index is 11.3. The van der Waals surface area contributed by atoms with Gasteiger partial charge < -0.3 is 15.4 Å². The second kappa shape index (κ2) is 5.89. The fraction of sp³-hybridized carbons (Fsp3) is 0.417. The van der Waals surface area contributed by atoms with Gasteiger partial charge in [-0.05, 0) is 24.6 Å². The van der Waals surface area contributed by atoms with Gasteiger partial charge in [-0.1, -0.05) is 17.7 Å². The van der Waals surface area contributed by atoms with E-state index in [1.54, 1.807) is 26.2 Å². The molecule has 17 heavy (non-hydrogen) atoms. The molecule has 0 aliphatic heterocycles. The molecule has 0 fully saturated rings. The van der Waals surface area contributed by atoms with Crippen molar-refractivity contribution in [2.45, 2.75) is 13.0 Å². The SMILES string of the molecule is CC(N)c1ccc(OCC(=O)N(C)C)c(Cl)c1. The quantitative estimate of drug-likeness (QED) is 0.894. The average molecular weight is 257 g/mol. The Morgan fingerprint density at radius 2 is 2.18 bits per heavy atom. The minimum absolute atomic E-state index is 0.0236. The molecule has 0 spiro atoms. The molecule has 0 aliphatic rings. The number of ether oxygens (including phenoxy) is 1. The van der Waals surface area contributed by atoms with Crippen molar-refractivity contribution in [3.63, 3.8) is 0 Å². The summed E-state index contributed by atoms with van der Waals surface area (Å²) in [5.74, 6) is 0.378. The molecule has 0 aromatic heterocycles. The van der Waals surface area contributed by atoms with Crippen LogP contribution in [0, 0.1) is 0 Å². The maximum Gasteiger partial charge on any atom is 0.259 e. The number of nitrogens with zero attached hydrogens (tertiary/aromatic N) is 1. The predicted octanol–water partition coefficient (Wildman–Crippen LogP) is 1.83. The number of halogens is 1. The van der Waals surface area contributed by atoms with Gasteiger partial charge in [-0.15, -0.1) is 0 Å². The van der Waals surface area contributed by atoms with Gasteiger partial charge in [0.25, 0.3) is 5.91 Å². The van der Waals surface area contributed by atoms with Crippen LogP contribution in [0.5, 0.6) is 5.75 Å². The minimum atomic E-state index is -0.114. The molecule has 1 rings (SSSR count). The zero-order valence-electron chi connectivity index (χ0n) is 10.2. The molecule has 0 heterocycles. The van der Waals surface area contributed by atoms with Crippen LogP contribution in [0.15, 0.2) is 18.2 Å². The van der Waals surface area contributed by atoms with Crippen molar-refractivity contribution >= 4 is 17.5 Å². The fourth-order valence-corrected chi connectivity index (χ4v) is 1.43. The van der Waals surface area contributed by atoms with Gasteiger partial charge in [-0.2, -0.15) is 0 Å². The number of benzene rings is 1. The third-order valence-electron chi connectivity index (χ3n) is 2.33. The summed E-state index contributed by atoms with van der Waals surface area (Å²) in [4.78, 5) is 12.8. The van der Waals surface area contributed by atoms with Gasteiger partial charge in [-0.25, -0.2) is 0 Å². The highest BCUT2D eigenvalue weighted by molar-refractivity contribution is 6.32. The standard InChI is InChI=1S/C12H17ClN2O2/c1-8(14)9-4-5-11(10(13)6-9)17-7-12(16)15(2)3/h4-6,8H,7,14H2,1-3H3. The Hall–Kier alpha value is -1.26. The van der Waals surface area contributed by atoms with E-state index in [1.165, 1.54) is 4.90 Å². The first-order valence-corrected chi connectivity index (χ1v) is 5.67. The maximum atomic E-state index is 11.3. The number of rotatable bonds is 4. The molecule has 0 bridgehead atoms. The van der Waals surface area contributed by atoms with Gasteiger partial charge in [-0.3, -0.25) is 4.79 Å². The van der Waals surface area contributed by atoms with Crippen molar-refractivity contribution in [1.82, 2.24) is 4.90 Å². The molecular weight excluding hydrogens is 240 g/mol. The molecule has 0 saturated heterocycles. The number of hydrogen-bond acceptors (Lipinski definition) is 3. The van der Waals surface area contributed by atoms with Crippen LogP contribution in [-0.2, 0) is 4.79 Å². The molecular formula is C12H17ClN2O2. The van der Waals surface area contributed by atoms with E-state index in [1.807, 2.05) is 13.0 Å². The van der Waals surface area contributed by atoms with Crippen molar-refractivity contribution in [1.29, 1.82) is 0 Å². The van der Waals surface area contributed by atoms with Crippen LogP contribution >= 0.6 is 11.6 Å². The number of nitrogens with two attached hydrogens (primary N) is 1. The van der Waals surface area contributed by atoms with E-state index in [9.17, 15) is 4.79 Å². The summed E-state index contributed by atoms with van der Waals surface area (Å²) in [6.07, 6.45) is 0. The van der Waals surface area contributed by atoms with Crippen molar-refractivity contribution in [2.24, 2.45) is 5.73 Å². The van der Waals surface area contributed by atoms with Gasteiger partial charge in [0.05, 0.1) is 5.02 Å². The minimum Gasteiger partial charge on any atom is -0.482 e. The Morgan fingerprint density at radius 1 is 1.53 bits per heavy atom. The van der Waals surface area contributed by atoms with E-state index >= 15 is 0 Å². The molecule has 1 amide bonds. The van der Waals surface area contributed by atoms with Crippen LogP contribution in [0.2, 0.25) is 5.02 Å². The Balaban J connectivity index is 2.70. The highest BCUT2D eigenvalue weighted by atomic mass is 35.5. The lowest BCUT2D eigenvalue weighted by atomic mass is 10.1. The molecule has 1 aromatic carbocycles. The summed E-state index contributed by atoms with van der Waals surface area (Å²) < 4.78 is 5.33. The van der Waals surface area contributed by atoms with E-state index in [0.717, 1.165) is 5.56 Å². The summed E-state index contributed by atoms with van der Waals surface area (Å²) in [6, 6.07) is 5.24. The zero-order valence-corrected chi connectivity index (χ0v) is 11.0. The van der Waals surface area contributed by atoms with Crippen LogP contribution < -0.4 is 10.5 Å². The molecule has 1 atom stereocenters. The summed E-state index contributed by atoms with van der Waals surface area (Å²) in [7, 11) is 3.35. The smallest absolute Gasteiger partial charge is 0.259 e. The van der Waals surface area contributed by atoms with Crippen LogP contribution in [-0.4, -0.2) is 31.5 Å². The van der Waals surface area contributed by atoms with Crippen molar-refractivity contribution in [3.05, 3.63) is 28.8 Å². The summed E-state index contributed by atoms with van der Waals surface area (Å²) in [6.45, 7) is 1.85. The molecule has 1 unspecified atom stereocenters. The normalized spacial score (nSPS) is 12.1. The monoisotopic (exact) mass is 256 g/mol. The van der Waals surface area contributed by atoms with Gasteiger partial charge in [0.2, 0.25) is 0 Å². The van der Waals surface area contributed by atoms with Crippen LogP contribution in [0.1, 0.15) is 18.5 Å². The average Bonchev–Trinajstić information content (AvgIpc) is 2.26. The van der Waals surface area contributed by atoms with Gasteiger partial charge in [0.1, 0.15) is 5.75 Å². The second-order valence-corrected chi connectivity index (χ2v) is 4.46. The Bertz CT molecular complexity index is 405. The molecule has 4 nitrogen and oxygen atoms in total. The summed E-state index contributed by atoms with van der Waals surface area (Å²) >= 11 is 6.03. The number of amides is 1. The summed E-state index contributed by atoms with van der Waals surface area (Å²) in [5, 5.41) is 0.464. The Labute approximate surface area is 106 Å². The van der Waals surface area contributed by atoms with Gasteiger partial charge >= 0.3 is 0 Å². The highest BCUT2D eigenvalue weighted by Crippen LogP contribution is 2.27. The topological polar surface area (TPSA) is 55.6 Å². The summed E-state index contributed by atoms with van der Waals surface area (Å²) in [5.41, 5.74) is 6.67. The van der Waals surface area contributed by atoms with Gasteiger partial charge in [0, 0.05) is 20.1 Å². The van der Waals surface area contributed by atoms with E-state index in [2.05, 4.69) is 0 Å². The number of hydrogen-bond donors (Lipinski definition) is 1. The highest BCUT2D eigenvalue weighted by Gasteiger charge is 2.09. The molecule has 2 N–H and O–H groups in total. The predicted molar refractivity (Wildman–Crippen MR) is 68.2 cm³/mol. The molecule has 0 saturated carbocycles. The van der Waals surface area contributed by atoms with Crippen LogP contribution in [0.25, 0.3) is 0 Å². The van der Waals surface area contributed by atoms with E-state index < -0.39 is 0 Å². The third-order valence-corrected chi connectivity index (χ3v) is 2.63. The molecule has 0 aliphatic carbocycles. The van der Waals surface area contributed by atoms with Crippen LogP contribution in [0.3, 0.4) is 0 Å². The molecule has 1 aromatic rings. The van der Waals surface area contributed by atoms with E-state index in [0.29, 0.717) is 10.8 Å². The Kier molecular flexibility index (Phi) is 4.78. The third kappa shape index (κ3) is 3.91. The molecule has 5 heteroatoms. The Morgan fingerprint density at radius 3 is 2.65 bits per heavy atom. The number of likely N-dealkylation sites (N-methyl/N-ethyl adjacent to an activating group) is 1. The number of carbonyl (C=O) groups is 1. The first kappa shape index (κ1) is 13.8. The lowest BCUT2D eigenvalue weighted by Gasteiger charge is -2.13. The van der Waals surface area contributed by atoms with E-state index in [4.69, 9.17) is 22.1 Å². The molecule has 94 valence electrons. The largest absolute Gasteiger partial charge is 0.482 e. The van der Waals surface area contributed by atoms with Crippen molar-refractivity contribution in [2.75, 3.05) is 20.7 Å². The van der Waals surface area contributed by atoms with Gasteiger partial charge in [0.15, 0.2) is 6.61 Å². The fourth-order valence-electron chi connectivity index (χ4n) is 1.19. The second-order valence-electron chi connectivity index (χ2n) is 4.06. The van der Waals surface area contributed by atoms with E-state index in [-0.39, 0.29) is 18.6 Å². The first-order valence-electron chi connectivity index (χ1n) is 5.29. The molecule has 0 radical (unpaired) electrons. The lowest BCUT2D eigenvalue weighted by molar-refractivity contribution is -0.130. The van der Waals surface area contributed by atoms with Crippen LogP contribution in [0.4, 0.5) is 0 Å². The first-order chi connectivity index (χ1) is 7.91. The number of carbonyl (C=O) groups excluding carboxylic acids is 1.